The van der Waals surface area contributed by atoms with Crippen LogP contribution in [0.1, 0.15) is 0 Å². The minimum atomic E-state index is -1.18. The van der Waals surface area contributed by atoms with Gasteiger partial charge in [0.1, 0.15) is 18.0 Å². The van der Waals surface area contributed by atoms with Crippen molar-refractivity contribution in [1.29, 1.82) is 0 Å². The number of nitrogens with one attached hydrogen (secondary N) is 2. The molecule has 0 radical (unpaired) electrons. The summed E-state index contributed by atoms with van der Waals surface area (Å²) in [6.45, 7) is -0.530. The summed E-state index contributed by atoms with van der Waals surface area (Å²) in [6, 6.07) is 4.21. The molecule has 8 nitrogen and oxygen atoms in total. The molecule has 22 heavy (non-hydrogen) atoms. The van der Waals surface area contributed by atoms with Gasteiger partial charge in [0.2, 0.25) is 11.7 Å². The van der Waals surface area contributed by atoms with Crippen molar-refractivity contribution >= 4 is 11.6 Å². The maximum absolute atomic E-state index is 13.1. The van der Waals surface area contributed by atoms with Crippen molar-refractivity contribution in [2.75, 3.05) is 12.4 Å². The third-order valence-electron chi connectivity index (χ3n) is 2.76. The second-order valence-electron chi connectivity index (χ2n) is 4.30. The summed E-state index contributed by atoms with van der Waals surface area (Å²) in [7, 11) is 1.42. The lowest BCUT2D eigenvalue weighted by atomic mass is 10.2. The molecule has 0 spiro atoms. The summed E-state index contributed by atoms with van der Waals surface area (Å²) >= 11 is 0. The molecule has 1 heterocycles. The molecule has 9 heteroatoms. The van der Waals surface area contributed by atoms with E-state index < -0.39 is 29.5 Å². The van der Waals surface area contributed by atoms with Crippen LogP contribution in [0.4, 0.5) is 10.1 Å². The topological polar surface area (TPSA) is 113 Å². The van der Waals surface area contributed by atoms with Crippen molar-refractivity contribution in [2.24, 2.45) is 0 Å². The maximum Gasteiger partial charge on any atom is 0.328 e. The summed E-state index contributed by atoms with van der Waals surface area (Å²) in [5.41, 5.74) is -1.97. The lowest BCUT2D eigenvalue weighted by molar-refractivity contribution is -0.116. The average Bonchev–Trinajstić information content (AvgIpc) is 2.47. The van der Waals surface area contributed by atoms with Gasteiger partial charge in [-0.05, 0) is 12.1 Å². The fourth-order valence-electron chi connectivity index (χ4n) is 1.69. The number of carbonyl (C=O) groups excluding carboxylic acids is 1. The highest BCUT2D eigenvalue weighted by atomic mass is 19.1. The quantitative estimate of drug-likeness (QED) is 0.690. The van der Waals surface area contributed by atoms with E-state index in [1.165, 1.54) is 25.3 Å². The molecule has 0 saturated heterocycles. The highest BCUT2D eigenvalue weighted by Gasteiger charge is 2.11. The zero-order chi connectivity index (χ0) is 16.3. The van der Waals surface area contributed by atoms with Crippen LogP contribution in [0.25, 0.3) is 0 Å². The Hall–Kier alpha value is -3.10. The summed E-state index contributed by atoms with van der Waals surface area (Å²) < 4.78 is 18.7. The van der Waals surface area contributed by atoms with Crippen LogP contribution in [0.2, 0.25) is 0 Å². The van der Waals surface area contributed by atoms with Gasteiger partial charge in [0.05, 0.1) is 19.0 Å². The van der Waals surface area contributed by atoms with Crippen LogP contribution in [0.3, 0.4) is 0 Å². The van der Waals surface area contributed by atoms with Crippen molar-refractivity contribution in [3.05, 3.63) is 51.1 Å². The van der Waals surface area contributed by atoms with E-state index in [0.29, 0.717) is 16.5 Å². The van der Waals surface area contributed by atoms with E-state index in [1.807, 2.05) is 0 Å². The zero-order valence-electron chi connectivity index (χ0n) is 11.4. The van der Waals surface area contributed by atoms with Gasteiger partial charge >= 0.3 is 5.69 Å². The highest BCUT2D eigenvalue weighted by molar-refractivity contribution is 5.92. The van der Waals surface area contributed by atoms with E-state index in [9.17, 15) is 23.9 Å². The third kappa shape index (κ3) is 3.32. The van der Waals surface area contributed by atoms with Crippen molar-refractivity contribution in [1.82, 2.24) is 9.55 Å². The summed E-state index contributed by atoms with van der Waals surface area (Å²) in [6.07, 6.45) is 0.634. The van der Waals surface area contributed by atoms with Crippen molar-refractivity contribution in [2.45, 2.75) is 6.54 Å². The number of aromatic amines is 1. The van der Waals surface area contributed by atoms with Crippen LogP contribution in [0.5, 0.6) is 11.5 Å². The molecule has 1 amide bonds. The van der Waals surface area contributed by atoms with Crippen LogP contribution in [0, 0.1) is 5.82 Å². The standard InChI is InChI=1S/C13H12FN3O5/c1-22-7-2-3-9(10(18)4-7)15-11(19)6-17-5-8(14)12(20)16-13(17)21/h2-5,18H,6H2,1H3,(H,15,19)(H,16,20,21). The minimum absolute atomic E-state index is 0.101. The lowest BCUT2D eigenvalue weighted by Gasteiger charge is -2.09. The number of hydrogen-bond donors (Lipinski definition) is 3. The normalized spacial score (nSPS) is 10.3. The van der Waals surface area contributed by atoms with E-state index in [2.05, 4.69) is 5.32 Å². The van der Waals surface area contributed by atoms with E-state index in [0.717, 1.165) is 0 Å². The number of nitrogens with zero attached hydrogens (tertiary/aromatic N) is 1. The molecule has 1 aromatic heterocycles. The molecule has 2 rings (SSSR count). The second-order valence-corrected chi connectivity index (χ2v) is 4.30. The number of halogens is 1. The molecule has 0 saturated carbocycles. The fraction of sp³-hybridized carbons (Fsp3) is 0.154. The van der Waals surface area contributed by atoms with E-state index >= 15 is 0 Å². The van der Waals surface area contributed by atoms with Crippen molar-refractivity contribution < 1.29 is 19.0 Å². The number of benzene rings is 1. The summed E-state index contributed by atoms with van der Waals surface area (Å²) in [5, 5.41) is 12.1. The number of methoxy groups -OCH3 is 1. The number of phenols is 1. The Balaban J connectivity index is 2.15. The third-order valence-corrected chi connectivity index (χ3v) is 2.76. The average molecular weight is 309 g/mol. The molecule has 0 aliphatic carbocycles. The van der Waals surface area contributed by atoms with Gasteiger partial charge in [0, 0.05) is 6.07 Å². The number of phenolic OH excluding ortho intramolecular Hbond substituents is 1. The largest absolute Gasteiger partial charge is 0.506 e. The Kier molecular flexibility index (Phi) is 4.25. The van der Waals surface area contributed by atoms with Gasteiger partial charge in [-0.15, -0.1) is 0 Å². The first-order valence-electron chi connectivity index (χ1n) is 6.07. The SMILES string of the molecule is COc1ccc(NC(=O)Cn2cc(F)c(=O)[nH]c2=O)c(O)c1. The van der Waals surface area contributed by atoms with Crippen LogP contribution in [-0.2, 0) is 11.3 Å². The predicted molar refractivity (Wildman–Crippen MR) is 74.6 cm³/mol. The molecular weight excluding hydrogens is 297 g/mol. The number of rotatable bonds is 4. The van der Waals surface area contributed by atoms with Crippen molar-refractivity contribution in [3.63, 3.8) is 0 Å². The number of anilines is 1. The molecule has 0 aliphatic rings. The van der Waals surface area contributed by atoms with Gasteiger partial charge in [-0.2, -0.15) is 4.39 Å². The molecule has 2 aromatic rings. The summed E-state index contributed by atoms with van der Waals surface area (Å²) in [5.74, 6) is -1.70. The number of hydrogen-bond acceptors (Lipinski definition) is 5. The minimum Gasteiger partial charge on any atom is -0.506 e. The lowest BCUT2D eigenvalue weighted by Crippen LogP contribution is -2.34. The van der Waals surface area contributed by atoms with E-state index in [4.69, 9.17) is 4.74 Å². The maximum atomic E-state index is 13.1. The van der Waals surface area contributed by atoms with Gasteiger partial charge in [0.25, 0.3) is 5.56 Å². The first-order valence-corrected chi connectivity index (χ1v) is 6.07. The van der Waals surface area contributed by atoms with Crippen molar-refractivity contribution in [3.8, 4) is 11.5 Å². The van der Waals surface area contributed by atoms with E-state index in [1.54, 1.807) is 4.98 Å². The van der Waals surface area contributed by atoms with Crippen LogP contribution in [0.15, 0.2) is 34.0 Å². The number of aromatic nitrogens is 2. The Labute approximate surface area is 122 Å². The van der Waals surface area contributed by atoms with Crippen LogP contribution in [-0.4, -0.2) is 27.7 Å². The van der Waals surface area contributed by atoms with Crippen LogP contribution >= 0.6 is 0 Å². The molecule has 1 aromatic carbocycles. The van der Waals surface area contributed by atoms with E-state index in [-0.39, 0.29) is 11.4 Å². The fourth-order valence-corrected chi connectivity index (χ4v) is 1.69. The van der Waals surface area contributed by atoms with Gasteiger partial charge in [-0.25, -0.2) is 4.79 Å². The summed E-state index contributed by atoms with van der Waals surface area (Å²) in [4.78, 5) is 35.9. The number of amides is 1. The number of ether oxygens (including phenoxy) is 1. The molecule has 0 atom stereocenters. The smallest absolute Gasteiger partial charge is 0.328 e. The molecule has 0 fully saturated rings. The first-order chi connectivity index (χ1) is 10.4. The molecular formula is C13H12FN3O5. The van der Waals surface area contributed by atoms with Gasteiger partial charge in [-0.3, -0.25) is 19.1 Å². The number of H-pyrrole nitrogens is 1. The molecule has 0 unspecified atom stereocenters. The Morgan fingerprint density at radius 2 is 2.18 bits per heavy atom. The van der Waals surface area contributed by atoms with Crippen LogP contribution < -0.4 is 21.3 Å². The predicted octanol–water partition coefficient (Wildman–Crippen LogP) is 0.0286. The van der Waals surface area contributed by atoms with Gasteiger partial charge < -0.3 is 15.2 Å². The number of aromatic hydroxyl groups is 1. The highest BCUT2D eigenvalue weighted by Crippen LogP contribution is 2.27. The Morgan fingerprint density at radius 1 is 1.45 bits per heavy atom. The zero-order valence-corrected chi connectivity index (χ0v) is 11.4. The second kappa shape index (κ2) is 6.12. The first kappa shape index (κ1) is 15.3. The van der Waals surface area contributed by atoms with Gasteiger partial charge in [-0.1, -0.05) is 0 Å². The monoisotopic (exact) mass is 309 g/mol. The number of carbonyl (C=O) groups is 1. The molecule has 116 valence electrons. The Bertz CT molecular complexity index is 827. The molecule has 0 aliphatic heterocycles. The van der Waals surface area contributed by atoms with Gasteiger partial charge in [0.15, 0.2) is 0 Å². The Morgan fingerprint density at radius 3 is 2.82 bits per heavy atom. The molecule has 3 N–H and O–H groups in total. The molecule has 0 bridgehead atoms.